The van der Waals surface area contributed by atoms with Crippen molar-refractivity contribution in [1.29, 1.82) is 0 Å². The number of aliphatic imine (C=N–C) groups is 1. The summed E-state index contributed by atoms with van der Waals surface area (Å²) in [5.41, 5.74) is 7.46. The second kappa shape index (κ2) is 6.37. The molecular formula is C17H25N3O. The minimum Gasteiger partial charge on any atom is -0.497 e. The molecule has 1 saturated carbocycles. The molecule has 0 radical (unpaired) electrons. The molecule has 1 unspecified atom stereocenters. The van der Waals surface area contributed by atoms with Gasteiger partial charge in [0.05, 0.1) is 19.7 Å². The molecule has 0 saturated heterocycles. The fourth-order valence-electron chi connectivity index (χ4n) is 3.60. The van der Waals surface area contributed by atoms with E-state index < -0.39 is 0 Å². The van der Waals surface area contributed by atoms with Crippen LogP contribution in [0.4, 0.5) is 0 Å². The maximum absolute atomic E-state index is 6.20. The quantitative estimate of drug-likeness (QED) is 0.869. The first-order valence-corrected chi connectivity index (χ1v) is 8.02. The summed E-state index contributed by atoms with van der Waals surface area (Å²) in [5, 5.41) is 0. The lowest BCUT2D eigenvalue weighted by Crippen LogP contribution is -2.43. The van der Waals surface area contributed by atoms with Crippen molar-refractivity contribution in [3.8, 4) is 5.75 Å². The Bertz CT molecular complexity index is 507. The summed E-state index contributed by atoms with van der Waals surface area (Å²) in [5.74, 6) is 1.62. The summed E-state index contributed by atoms with van der Waals surface area (Å²) < 4.78 is 5.35. The first-order valence-electron chi connectivity index (χ1n) is 8.02. The Labute approximate surface area is 127 Å². The number of nitrogens with zero attached hydrogens (tertiary/aromatic N) is 2. The van der Waals surface area contributed by atoms with Crippen molar-refractivity contribution in [3.05, 3.63) is 29.8 Å². The molecule has 1 aliphatic heterocycles. The normalized spacial score (nSPS) is 23.8. The van der Waals surface area contributed by atoms with Gasteiger partial charge in [0.25, 0.3) is 0 Å². The van der Waals surface area contributed by atoms with Crippen LogP contribution < -0.4 is 10.5 Å². The van der Waals surface area contributed by atoms with Gasteiger partial charge in [0.2, 0.25) is 0 Å². The van der Waals surface area contributed by atoms with Gasteiger partial charge in [-0.2, -0.15) is 0 Å². The predicted octanol–water partition coefficient (Wildman–Crippen LogP) is 3.09. The Hall–Kier alpha value is -1.71. The molecule has 114 valence electrons. The maximum atomic E-state index is 6.20. The fraction of sp³-hybridized carbons (Fsp3) is 0.588. The van der Waals surface area contributed by atoms with Gasteiger partial charge >= 0.3 is 0 Å². The average Bonchev–Trinajstić information content (AvgIpc) is 2.74. The van der Waals surface area contributed by atoms with E-state index in [1.165, 1.54) is 44.1 Å². The lowest BCUT2D eigenvalue weighted by Gasteiger charge is -2.34. The Balaban J connectivity index is 1.83. The lowest BCUT2D eigenvalue weighted by atomic mass is 10.0. The zero-order chi connectivity index (χ0) is 14.7. The van der Waals surface area contributed by atoms with E-state index in [0.717, 1.165) is 18.3 Å². The Morgan fingerprint density at radius 2 is 1.95 bits per heavy atom. The number of benzene rings is 1. The van der Waals surface area contributed by atoms with E-state index in [0.29, 0.717) is 6.04 Å². The highest BCUT2D eigenvalue weighted by Gasteiger charge is 2.33. The standard InChI is InChI=1S/C17H25N3O/c1-21-15-10-6-7-13(11-15)16-12-19-17(18)20(16)14-8-4-2-3-5-9-14/h6-7,10-11,14,16H,2-5,8-9,12H2,1H3,(H2,18,19). The molecule has 1 fully saturated rings. The van der Waals surface area contributed by atoms with Crippen LogP contribution in [-0.2, 0) is 0 Å². The molecule has 0 spiro atoms. The zero-order valence-corrected chi connectivity index (χ0v) is 12.8. The lowest BCUT2D eigenvalue weighted by molar-refractivity contribution is 0.237. The minimum atomic E-state index is 0.267. The Kier molecular flexibility index (Phi) is 4.32. The van der Waals surface area contributed by atoms with Crippen LogP contribution >= 0.6 is 0 Å². The van der Waals surface area contributed by atoms with Gasteiger partial charge in [0.1, 0.15) is 5.75 Å². The zero-order valence-electron chi connectivity index (χ0n) is 12.8. The van der Waals surface area contributed by atoms with E-state index in [-0.39, 0.29) is 6.04 Å². The molecule has 1 aliphatic carbocycles. The second-order valence-corrected chi connectivity index (χ2v) is 6.04. The highest BCUT2D eigenvalue weighted by molar-refractivity contribution is 5.80. The third-order valence-corrected chi connectivity index (χ3v) is 4.72. The van der Waals surface area contributed by atoms with Gasteiger partial charge in [0, 0.05) is 6.04 Å². The van der Waals surface area contributed by atoms with Crippen LogP contribution in [0.5, 0.6) is 5.75 Å². The van der Waals surface area contributed by atoms with Crippen LogP contribution in [-0.4, -0.2) is 30.6 Å². The van der Waals surface area contributed by atoms with Gasteiger partial charge < -0.3 is 15.4 Å². The van der Waals surface area contributed by atoms with E-state index in [1.54, 1.807) is 7.11 Å². The number of hydrogen-bond acceptors (Lipinski definition) is 4. The molecule has 4 nitrogen and oxygen atoms in total. The highest BCUT2D eigenvalue weighted by atomic mass is 16.5. The number of ether oxygens (including phenoxy) is 1. The van der Waals surface area contributed by atoms with E-state index >= 15 is 0 Å². The Morgan fingerprint density at radius 1 is 1.19 bits per heavy atom. The summed E-state index contributed by atoms with van der Waals surface area (Å²) in [6, 6.07) is 9.11. The van der Waals surface area contributed by atoms with Crippen molar-refractivity contribution in [1.82, 2.24) is 4.90 Å². The molecule has 0 aromatic heterocycles. The van der Waals surface area contributed by atoms with Crippen molar-refractivity contribution in [3.63, 3.8) is 0 Å². The largest absolute Gasteiger partial charge is 0.497 e. The van der Waals surface area contributed by atoms with Crippen molar-refractivity contribution < 1.29 is 4.74 Å². The first-order chi connectivity index (χ1) is 10.3. The van der Waals surface area contributed by atoms with E-state index in [4.69, 9.17) is 10.5 Å². The molecule has 0 bridgehead atoms. The van der Waals surface area contributed by atoms with Crippen molar-refractivity contribution >= 4 is 5.96 Å². The maximum Gasteiger partial charge on any atom is 0.192 e. The summed E-state index contributed by atoms with van der Waals surface area (Å²) in [6.45, 7) is 0.759. The predicted molar refractivity (Wildman–Crippen MR) is 85.6 cm³/mol. The van der Waals surface area contributed by atoms with Gasteiger partial charge in [-0.15, -0.1) is 0 Å². The summed E-state index contributed by atoms with van der Waals surface area (Å²) in [4.78, 5) is 6.88. The van der Waals surface area contributed by atoms with E-state index in [1.807, 2.05) is 12.1 Å². The molecule has 0 amide bonds. The molecule has 1 atom stereocenters. The summed E-state index contributed by atoms with van der Waals surface area (Å²) in [6.07, 6.45) is 7.78. The van der Waals surface area contributed by atoms with Gasteiger partial charge in [-0.05, 0) is 30.5 Å². The molecule has 1 aromatic rings. The van der Waals surface area contributed by atoms with Crippen molar-refractivity contribution in [2.45, 2.75) is 50.6 Å². The summed E-state index contributed by atoms with van der Waals surface area (Å²) >= 11 is 0. The molecule has 21 heavy (non-hydrogen) atoms. The van der Waals surface area contributed by atoms with Gasteiger partial charge in [-0.25, -0.2) is 0 Å². The van der Waals surface area contributed by atoms with Crippen molar-refractivity contribution in [2.24, 2.45) is 10.7 Å². The number of nitrogens with two attached hydrogens (primary N) is 1. The van der Waals surface area contributed by atoms with Crippen LogP contribution in [0.1, 0.15) is 50.1 Å². The van der Waals surface area contributed by atoms with E-state index in [2.05, 4.69) is 22.0 Å². The van der Waals surface area contributed by atoms with Crippen molar-refractivity contribution in [2.75, 3.05) is 13.7 Å². The van der Waals surface area contributed by atoms with Crippen LogP contribution in [0.2, 0.25) is 0 Å². The second-order valence-electron chi connectivity index (χ2n) is 6.04. The summed E-state index contributed by atoms with van der Waals surface area (Å²) in [7, 11) is 1.71. The minimum absolute atomic E-state index is 0.267. The SMILES string of the molecule is COc1cccc(C2CN=C(N)N2C2CCCCCC2)c1. The monoisotopic (exact) mass is 287 g/mol. The fourth-order valence-corrected chi connectivity index (χ4v) is 3.60. The first kappa shape index (κ1) is 14.2. The molecule has 4 heteroatoms. The third-order valence-electron chi connectivity index (χ3n) is 4.72. The van der Waals surface area contributed by atoms with Gasteiger partial charge in [-0.3, -0.25) is 4.99 Å². The number of guanidine groups is 1. The third kappa shape index (κ3) is 2.99. The average molecular weight is 287 g/mol. The molecule has 2 N–H and O–H groups in total. The van der Waals surface area contributed by atoms with Crippen LogP contribution in [0.15, 0.2) is 29.3 Å². The van der Waals surface area contributed by atoms with E-state index in [9.17, 15) is 0 Å². The Morgan fingerprint density at radius 3 is 2.67 bits per heavy atom. The molecule has 1 aromatic carbocycles. The number of methoxy groups -OCH3 is 1. The molecule has 2 aliphatic rings. The molecular weight excluding hydrogens is 262 g/mol. The number of hydrogen-bond donors (Lipinski definition) is 1. The van der Waals surface area contributed by atoms with Gasteiger partial charge in [0.15, 0.2) is 5.96 Å². The van der Waals surface area contributed by atoms with Gasteiger partial charge in [-0.1, -0.05) is 37.8 Å². The molecule has 3 rings (SSSR count). The highest BCUT2D eigenvalue weighted by Crippen LogP contribution is 2.33. The van der Waals surface area contributed by atoms with Crippen LogP contribution in [0, 0.1) is 0 Å². The topological polar surface area (TPSA) is 50.9 Å². The van der Waals surface area contributed by atoms with Crippen LogP contribution in [0.3, 0.4) is 0 Å². The van der Waals surface area contributed by atoms with Crippen LogP contribution in [0.25, 0.3) is 0 Å². The smallest absolute Gasteiger partial charge is 0.192 e. The number of rotatable bonds is 3. The molecule has 1 heterocycles.